The number of carbonyl (C=O) groups is 3. The van der Waals surface area contributed by atoms with Crippen molar-refractivity contribution < 1.29 is 14.4 Å². The number of hydrogen-bond acceptors (Lipinski definition) is 3. The Kier molecular flexibility index (Phi) is 6.67. The zero-order valence-corrected chi connectivity index (χ0v) is 15.7. The Balaban J connectivity index is 1.88. The van der Waals surface area contributed by atoms with Gasteiger partial charge in [0.2, 0.25) is 5.91 Å². The maximum atomic E-state index is 12.4. The van der Waals surface area contributed by atoms with Gasteiger partial charge in [0.25, 0.3) is 0 Å². The summed E-state index contributed by atoms with van der Waals surface area (Å²) in [5.74, 6) is -1.23. The molecule has 1 saturated heterocycles. The third-order valence-electron chi connectivity index (χ3n) is 3.89. The van der Waals surface area contributed by atoms with Crippen molar-refractivity contribution in [3.63, 3.8) is 0 Å². The van der Waals surface area contributed by atoms with Crippen molar-refractivity contribution in [3.05, 3.63) is 33.8 Å². The van der Waals surface area contributed by atoms with Crippen LogP contribution in [-0.2, 0) is 20.8 Å². The van der Waals surface area contributed by atoms with Gasteiger partial charge in [-0.2, -0.15) is 0 Å². The summed E-state index contributed by atoms with van der Waals surface area (Å²) in [6, 6.07) is 4.94. The molecule has 1 aliphatic rings. The molecule has 6 nitrogen and oxygen atoms in total. The SMILES string of the molecule is CC(C)NC(=O)C(=O)N1CCN(C(=O)Cc2ccc(Cl)cc2Cl)CC1. The van der Waals surface area contributed by atoms with Crippen LogP contribution in [0.15, 0.2) is 18.2 Å². The van der Waals surface area contributed by atoms with Crippen LogP contribution in [0, 0.1) is 0 Å². The Morgan fingerprint density at radius 2 is 1.68 bits per heavy atom. The molecule has 1 aromatic rings. The zero-order valence-electron chi connectivity index (χ0n) is 14.2. The van der Waals surface area contributed by atoms with E-state index in [4.69, 9.17) is 23.2 Å². The Hall–Kier alpha value is -1.79. The van der Waals surface area contributed by atoms with E-state index in [1.165, 1.54) is 4.90 Å². The third kappa shape index (κ3) is 5.34. The fourth-order valence-electron chi connectivity index (χ4n) is 2.57. The third-order valence-corrected chi connectivity index (χ3v) is 4.48. The average molecular weight is 386 g/mol. The van der Waals surface area contributed by atoms with Crippen molar-refractivity contribution in [1.82, 2.24) is 15.1 Å². The fraction of sp³-hybridized carbons (Fsp3) is 0.471. The molecule has 0 spiro atoms. The molecule has 0 saturated carbocycles. The maximum Gasteiger partial charge on any atom is 0.312 e. The van der Waals surface area contributed by atoms with Crippen LogP contribution in [0.4, 0.5) is 0 Å². The highest BCUT2D eigenvalue weighted by Crippen LogP contribution is 2.22. The van der Waals surface area contributed by atoms with Crippen LogP contribution in [-0.4, -0.2) is 59.7 Å². The van der Waals surface area contributed by atoms with Crippen LogP contribution in [0.1, 0.15) is 19.4 Å². The number of nitrogens with one attached hydrogen (secondary N) is 1. The minimum Gasteiger partial charge on any atom is -0.346 e. The summed E-state index contributed by atoms with van der Waals surface area (Å²) >= 11 is 12.0. The van der Waals surface area contributed by atoms with E-state index < -0.39 is 11.8 Å². The van der Waals surface area contributed by atoms with Crippen molar-refractivity contribution in [2.45, 2.75) is 26.3 Å². The molecule has 1 N–H and O–H groups in total. The number of rotatable bonds is 3. The van der Waals surface area contributed by atoms with Gasteiger partial charge in [0.05, 0.1) is 6.42 Å². The van der Waals surface area contributed by atoms with Gasteiger partial charge in [-0.1, -0.05) is 29.3 Å². The Morgan fingerprint density at radius 1 is 1.08 bits per heavy atom. The number of amides is 3. The van der Waals surface area contributed by atoms with E-state index in [9.17, 15) is 14.4 Å². The van der Waals surface area contributed by atoms with E-state index in [0.717, 1.165) is 0 Å². The predicted octanol–water partition coefficient (Wildman–Crippen LogP) is 1.73. The summed E-state index contributed by atoms with van der Waals surface area (Å²) in [6.07, 6.45) is 0.178. The van der Waals surface area contributed by atoms with Crippen LogP contribution in [0.25, 0.3) is 0 Å². The molecule has 1 aliphatic heterocycles. The second-order valence-corrected chi connectivity index (χ2v) is 7.06. The highest BCUT2D eigenvalue weighted by Gasteiger charge is 2.28. The molecule has 0 aliphatic carbocycles. The summed E-state index contributed by atoms with van der Waals surface area (Å²) in [5.41, 5.74) is 0.714. The summed E-state index contributed by atoms with van der Waals surface area (Å²) in [5, 5.41) is 3.56. The van der Waals surface area contributed by atoms with Gasteiger partial charge in [-0.05, 0) is 31.5 Å². The van der Waals surface area contributed by atoms with Crippen LogP contribution in [0.3, 0.4) is 0 Å². The monoisotopic (exact) mass is 385 g/mol. The van der Waals surface area contributed by atoms with Gasteiger partial charge < -0.3 is 15.1 Å². The molecule has 1 fully saturated rings. The molecule has 0 aromatic heterocycles. The smallest absolute Gasteiger partial charge is 0.312 e. The van der Waals surface area contributed by atoms with E-state index in [1.807, 2.05) is 0 Å². The van der Waals surface area contributed by atoms with Crippen LogP contribution in [0.5, 0.6) is 0 Å². The van der Waals surface area contributed by atoms with Gasteiger partial charge in [0.1, 0.15) is 0 Å². The molecule has 3 amide bonds. The van der Waals surface area contributed by atoms with Gasteiger partial charge in [0.15, 0.2) is 0 Å². The van der Waals surface area contributed by atoms with Gasteiger partial charge in [0, 0.05) is 42.3 Å². The maximum absolute atomic E-state index is 12.4. The highest BCUT2D eigenvalue weighted by molar-refractivity contribution is 6.35. The lowest BCUT2D eigenvalue weighted by Gasteiger charge is -2.34. The molecule has 8 heteroatoms. The molecule has 0 unspecified atom stereocenters. The van der Waals surface area contributed by atoms with Crippen molar-refractivity contribution in [3.8, 4) is 0 Å². The molecule has 25 heavy (non-hydrogen) atoms. The largest absolute Gasteiger partial charge is 0.346 e. The summed E-state index contributed by atoms with van der Waals surface area (Å²) < 4.78 is 0. The van der Waals surface area contributed by atoms with Crippen molar-refractivity contribution >= 4 is 40.9 Å². The number of halogens is 2. The number of piperazine rings is 1. The molecular weight excluding hydrogens is 365 g/mol. The van der Waals surface area contributed by atoms with Crippen LogP contribution in [0.2, 0.25) is 10.0 Å². The van der Waals surface area contributed by atoms with Crippen LogP contribution < -0.4 is 5.32 Å². The summed E-state index contributed by atoms with van der Waals surface area (Å²) in [6.45, 7) is 5.05. The van der Waals surface area contributed by atoms with Crippen molar-refractivity contribution in [2.75, 3.05) is 26.2 Å². The lowest BCUT2D eigenvalue weighted by Crippen LogP contribution is -2.54. The lowest BCUT2D eigenvalue weighted by molar-refractivity contribution is -0.148. The number of benzene rings is 1. The van der Waals surface area contributed by atoms with Crippen LogP contribution >= 0.6 is 23.2 Å². The zero-order chi connectivity index (χ0) is 18.6. The molecule has 0 radical (unpaired) electrons. The first-order valence-electron chi connectivity index (χ1n) is 8.09. The van der Waals surface area contributed by atoms with Gasteiger partial charge in [-0.15, -0.1) is 0 Å². The van der Waals surface area contributed by atoms with E-state index in [2.05, 4.69) is 5.32 Å². The average Bonchev–Trinajstić information content (AvgIpc) is 2.56. The highest BCUT2D eigenvalue weighted by atomic mass is 35.5. The quantitative estimate of drug-likeness (QED) is 0.805. The van der Waals surface area contributed by atoms with Crippen molar-refractivity contribution in [1.29, 1.82) is 0 Å². The fourth-order valence-corrected chi connectivity index (χ4v) is 3.04. The second-order valence-electron chi connectivity index (χ2n) is 6.21. The first-order valence-corrected chi connectivity index (χ1v) is 8.85. The summed E-state index contributed by atoms with van der Waals surface area (Å²) in [4.78, 5) is 39.4. The number of hydrogen-bond donors (Lipinski definition) is 1. The Morgan fingerprint density at radius 3 is 2.24 bits per heavy atom. The lowest BCUT2D eigenvalue weighted by atomic mass is 10.1. The minimum atomic E-state index is -0.609. The molecule has 1 aromatic carbocycles. The molecular formula is C17H21Cl2N3O3. The van der Waals surface area contributed by atoms with Crippen molar-refractivity contribution in [2.24, 2.45) is 0 Å². The van der Waals surface area contributed by atoms with E-state index >= 15 is 0 Å². The first kappa shape index (κ1) is 19.5. The Labute approximate surface area is 157 Å². The minimum absolute atomic E-state index is 0.0667. The number of nitrogens with zero attached hydrogens (tertiary/aromatic N) is 2. The standard InChI is InChI=1S/C17H21Cl2N3O3/c1-11(2)20-16(24)17(25)22-7-5-21(6-8-22)15(23)9-12-3-4-13(18)10-14(12)19/h3-4,10-11H,5-9H2,1-2H3,(H,20,24). The Bertz CT molecular complexity index is 671. The van der Waals surface area contributed by atoms with Gasteiger partial charge in [-0.3, -0.25) is 14.4 Å². The van der Waals surface area contributed by atoms with E-state index in [0.29, 0.717) is 41.8 Å². The molecule has 2 rings (SSSR count). The van der Waals surface area contributed by atoms with Gasteiger partial charge in [-0.25, -0.2) is 0 Å². The molecule has 0 atom stereocenters. The van der Waals surface area contributed by atoms with E-state index in [1.54, 1.807) is 36.9 Å². The molecule has 0 bridgehead atoms. The molecule has 1 heterocycles. The molecule has 136 valence electrons. The normalized spacial score (nSPS) is 14.6. The van der Waals surface area contributed by atoms with E-state index in [-0.39, 0.29) is 18.4 Å². The predicted molar refractivity (Wildman–Crippen MR) is 96.6 cm³/mol. The number of carbonyl (C=O) groups excluding carboxylic acids is 3. The van der Waals surface area contributed by atoms with Gasteiger partial charge >= 0.3 is 11.8 Å². The summed E-state index contributed by atoms with van der Waals surface area (Å²) in [7, 11) is 0. The second kappa shape index (κ2) is 8.54. The topological polar surface area (TPSA) is 69.7 Å². The first-order chi connectivity index (χ1) is 11.8.